The molecule has 4 aromatic rings. The van der Waals surface area contributed by atoms with E-state index in [0.29, 0.717) is 0 Å². The van der Waals surface area contributed by atoms with Crippen molar-refractivity contribution in [2.75, 3.05) is 12.3 Å². The highest BCUT2D eigenvalue weighted by Crippen LogP contribution is 2.56. The molecule has 4 aromatic carbocycles. The second kappa shape index (κ2) is 21.3. The highest BCUT2D eigenvalue weighted by molar-refractivity contribution is 7.74. The van der Waals surface area contributed by atoms with E-state index in [-0.39, 0.29) is 5.41 Å². The molecule has 0 aromatic heterocycles. The Morgan fingerprint density at radius 1 is 0.339 bits per heavy atom. The SMILES string of the molecule is C=CCc1cc(CC=C)cc(P(CC2(CP(c3cc(CC=C)cc(CC=C)c3)c3cc(CC=C)cc(CC=C)c3)CCC2)c2cc(CC=C)cc(CC=C)c2)c1. The van der Waals surface area contributed by atoms with Crippen molar-refractivity contribution in [3.63, 3.8) is 0 Å². The molecule has 0 atom stereocenters. The van der Waals surface area contributed by atoms with Crippen LogP contribution in [0.4, 0.5) is 0 Å². The molecule has 0 bridgehead atoms. The molecule has 0 amide bonds. The predicted octanol–water partition coefficient (Wildman–Crippen LogP) is 12.3. The minimum Gasteiger partial charge on any atom is -0.103 e. The Morgan fingerprint density at radius 2 is 0.536 bits per heavy atom. The van der Waals surface area contributed by atoms with E-state index in [2.05, 4.69) is 125 Å². The average molecular weight is 773 g/mol. The molecule has 0 spiro atoms. The van der Waals surface area contributed by atoms with Gasteiger partial charge in [0.25, 0.3) is 0 Å². The van der Waals surface area contributed by atoms with Crippen LogP contribution < -0.4 is 21.2 Å². The third-order valence-electron chi connectivity index (χ3n) is 10.8. The largest absolute Gasteiger partial charge is 0.103 e. The van der Waals surface area contributed by atoms with Gasteiger partial charge < -0.3 is 0 Å². The van der Waals surface area contributed by atoms with Crippen LogP contribution in [0.15, 0.2) is 174 Å². The first-order chi connectivity index (χ1) is 27.3. The minimum atomic E-state index is -0.697. The van der Waals surface area contributed by atoms with E-state index in [4.69, 9.17) is 0 Å². The van der Waals surface area contributed by atoms with Gasteiger partial charge in [0.1, 0.15) is 0 Å². The number of benzene rings is 4. The lowest BCUT2D eigenvalue weighted by Gasteiger charge is -2.47. The molecule has 0 nitrogen and oxygen atoms in total. The molecule has 5 rings (SSSR count). The van der Waals surface area contributed by atoms with Crippen LogP contribution in [0.5, 0.6) is 0 Å². The Balaban J connectivity index is 1.72. The minimum absolute atomic E-state index is 0.206. The first kappa shape index (κ1) is 42.8. The summed E-state index contributed by atoms with van der Waals surface area (Å²) in [7, 11) is -1.39. The van der Waals surface area contributed by atoms with Crippen molar-refractivity contribution >= 4 is 37.1 Å². The lowest BCUT2D eigenvalue weighted by Crippen LogP contribution is -2.40. The maximum atomic E-state index is 4.12. The number of rotatable bonds is 24. The molecule has 1 aliphatic rings. The van der Waals surface area contributed by atoms with Crippen molar-refractivity contribution in [1.29, 1.82) is 0 Å². The van der Waals surface area contributed by atoms with Gasteiger partial charge in [-0.05, 0) is 164 Å². The van der Waals surface area contributed by atoms with Crippen LogP contribution in [-0.4, -0.2) is 12.3 Å². The molecule has 56 heavy (non-hydrogen) atoms. The topological polar surface area (TPSA) is 0 Å². The fraction of sp³-hybridized carbons (Fsp3) is 0.259. The van der Waals surface area contributed by atoms with Gasteiger partial charge in [-0.15, -0.1) is 52.6 Å². The summed E-state index contributed by atoms with van der Waals surface area (Å²) in [4.78, 5) is 0. The molecule has 0 saturated heterocycles. The average Bonchev–Trinajstić information content (AvgIpc) is 3.15. The molecular weight excluding hydrogens is 711 g/mol. The Kier molecular flexibility index (Phi) is 16.2. The monoisotopic (exact) mass is 772 g/mol. The van der Waals surface area contributed by atoms with Crippen molar-refractivity contribution in [1.82, 2.24) is 0 Å². The van der Waals surface area contributed by atoms with Gasteiger partial charge in [0.15, 0.2) is 0 Å². The summed E-state index contributed by atoms with van der Waals surface area (Å²) >= 11 is 0. The van der Waals surface area contributed by atoms with Crippen molar-refractivity contribution in [2.45, 2.75) is 70.6 Å². The quantitative estimate of drug-likeness (QED) is 0.0491. The van der Waals surface area contributed by atoms with E-state index in [1.54, 1.807) is 0 Å². The molecule has 0 unspecified atom stereocenters. The number of hydrogen-bond acceptors (Lipinski definition) is 0. The summed E-state index contributed by atoms with van der Waals surface area (Å²) in [5, 5.41) is 5.87. The van der Waals surface area contributed by atoms with Crippen molar-refractivity contribution in [2.24, 2.45) is 5.41 Å². The van der Waals surface area contributed by atoms with Gasteiger partial charge in [-0.3, -0.25) is 0 Å². The van der Waals surface area contributed by atoms with Gasteiger partial charge in [-0.2, -0.15) is 0 Å². The summed E-state index contributed by atoms with van der Waals surface area (Å²) < 4.78 is 0. The van der Waals surface area contributed by atoms with Gasteiger partial charge in [0.05, 0.1) is 0 Å². The van der Waals surface area contributed by atoms with Gasteiger partial charge in [-0.1, -0.05) is 128 Å². The van der Waals surface area contributed by atoms with Gasteiger partial charge in [0.2, 0.25) is 0 Å². The van der Waals surface area contributed by atoms with E-state index in [0.717, 1.165) is 63.7 Å². The van der Waals surface area contributed by atoms with Crippen LogP contribution in [0.25, 0.3) is 0 Å². The lowest BCUT2D eigenvalue weighted by molar-refractivity contribution is 0.202. The summed E-state index contributed by atoms with van der Waals surface area (Å²) in [6.07, 6.45) is 29.3. The maximum absolute atomic E-state index is 4.12. The molecule has 0 N–H and O–H groups in total. The first-order valence-corrected chi connectivity index (χ1v) is 23.3. The first-order valence-electron chi connectivity index (χ1n) is 20.2. The maximum Gasteiger partial charge on any atom is -0.00998 e. The highest BCUT2D eigenvalue weighted by atomic mass is 31.1. The van der Waals surface area contributed by atoms with Gasteiger partial charge in [-0.25, -0.2) is 0 Å². The zero-order valence-electron chi connectivity index (χ0n) is 33.8. The second-order valence-electron chi connectivity index (χ2n) is 15.5. The van der Waals surface area contributed by atoms with Crippen molar-refractivity contribution in [3.8, 4) is 0 Å². The number of allylic oxidation sites excluding steroid dienone is 8. The third-order valence-corrected chi connectivity index (χ3v) is 16.3. The molecule has 1 saturated carbocycles. The zero-order chi connectivity index (χ0) is 39.9. The summed E-state index contributed by atoms with van der Waals surface area (Å²) in [6.45, 7) is 32.9. The molecule has 0 heterocycles. The lowest BCUT2D eigenvalue weighted by atomic mass is 9.72. The molecule has 2 heteroatoms. The van der Waals surface area contributed by atoms with E-state index in [9.17, 15) is 0 Å². The molecule has 0 aliphatic heterocycles. The molecule has 288 valence electrons. The number of hydrogen-bond donors (Lipinski definition) is 0. The van der Waals surface area contributed by atoms with Crippen LogP contribution >= 0.6 is 15.8 Å². The van der Waals surface area contributed by atoms with Crippen molar-refractivity contribution < 1.29 is 0 Å². The molecular formula is C54H62P2. The summed E-state index contributed by atoms with van der Waals surface area (Å²) in [5.74, 6) is 0. The van der Waals surface area contributed by atoms with Crippen LogP contribution in [0.2, 0.25) is 0 Å². The Hall–Kier alpha value is -4.34. The molecule has 0 radical (unpaired) electrons. The van der Waals surface area contributed by atoms with E-state index in [1.165, 1.54) is 85.0 Å². The van der Waals surface area contributed by atoms with Crippen LogP contribution in [0.1, 0.15) is 63.8 Å². The van der Waals surface area contributed by atoms with Crippen LogP contribution in [0.3, 0.4) is 0 Å². The predicted molar refractivity (Wildman–Crippen MR) is 255 cm³/mol. The second-order valence-corrected chi connectivity index (χ2v) is 19.9. The van der Waals surface area contributed by atoms with E-state index < -0.39 is 15.8 Å². The van der Waals surface area contributed by atoms with Gasteiger partial charge in [0, 0.05) is 0 Å². The zero-order valence-corrected chi connectivity index (χ0v) is 35.6. The van der Waals surface area contributed by atoms with Crippen molar-refractivity contribution in [3.05, 3.63) is 219 Å². The Labute approximate surface area is 342 Å². The smallest absolute Gasteiger partial charge is 0.00998 e. The van der Waals surface area contributed by atoms with Crippen LogP contribution in [0, 0.1) is 5.41 Å². The highest BCUT2D eigenvalue weighted by Gasteiger charge is 2.42. The van der Waals surface area contributed by atoms with E-state index in [1.807, 2.05) is 48.6 Å². The summed E-state index contributed by atoms with van der Waals surface area (Å²) in [5.41, 5.74) is 10.9. The van der Waals surface area contributed by atoms with E-state index >= 15 is 0 Å². The fourth-order valence-corrected chi connectivity index (χ4v) is 14.5. The summed E-state index contributed by atoms with van der Waals surface area (Å²) in [6, 6.07) is 29.3. The molecule has 1 aliphatic carbocycles. The standard InChI is InChI=1S/C54H62P2/c1-9-18-42-28-43(19-10-2)33-50(32-42)55(51-34-44(20-11-3)29-45(35-51)21-12-4)40-54(26-17-27-54)41-56(52-36-46(22-13-5)30-47(37-52)23-14-6)53-38-48(24-15-7)31-49(39-53)25-16-8/h9-16,28-39H,1-8,17-27,40-41H2. The third kappa shape index (κ3) is 11.4. The molecule has 1 fully saturated rings. The Bertz CT molecular complexity index is 1660. The Morgan fingerprint density at radius 3 is 0.679 bits per heavy atom. The van der Waals surface area contributed by atoms with Crippen LogP contribution in [-0.2, 0) is 51.4 Å². The normalized spacial score (nSPS) is 13.1. The fourth-order valence-electron chi connectivity index (χ4n) is 8.25. The van der Waals surface area contributed by atoms with Gasteiger partial charge >= 0.3 is 0 Å².